The summed E-state index contributed by atoms with van der Waals surface area (Å²) in [5.74, 6) is -0.483. The number of para-hydroxylation sites is 1. The highest BCUT2D eigenvalue weighted by Gasteiger charge is 2.25. The topological polar surface area (TPSA) is 108 Å². The number of nitrogens with zero attached hydrogens (tertiary/aromatic N) is 2. The Hall–Kier alpha value is -3.88. The summed E-state index contributed by atoms with van der Waals surface area (Å²) in [5.41, 5.74) is 1.82. The second-order valence-corrected chi connectivity index (χ2v) is 6.39. The van der Waals surface area contributed by atoms with Gasteiger partial charge in [0.2, 0.25) is 6.79 Å². The molecule has 0 fully saturated rings. The van der Waals surface area contributed by atoms with Crippen molar-refractivity contribution in [2.75, 3.05) is 24.8 Å². The summed E-state index contributed by atoms with van der Waals surface area (Å²) in [4.78, 5) is 36.6. The Bertz CT molecular complexity index is 1030. The van der Waals surface area contributed by atoms with Crippen LogP contribution >= 0.6 is 0 Å². The molecule has 0 aromatic heterocycles. The number of nitro groups is 1. The minimum atomic E-state index is -0.780. The molecule has 2 aliphatic heterocycles. The largest absolute Gasteiger partial charge is 0.454 e. The van der Waals surface area contributed by atoms with Gasteiger partial charge in [-0.05, 0) is 30.2 Å². The molecule has 148 valence electrons. The van der Waals surface area contributed by atoms with Gasteiger partial charge in [-0.15, -0.1) is 0 Å². The number of carbonyl (C=O) groups is 2. The molecular formula is C20H16N2O7. The maximum Gasteiger partial charge on any atom is 0.331 e. The third-order valence-electron chi connectivity index (χ3n) is 4.64. The van der Waals surface area contributed by atoms with Crippen molar-refractivity contribution >= 4 is 29.3 Å². The molecule has 2 aromatic carbocycles. The quantitative estimate of drug-likeness (QED) is 0.331. The lowest BCUT2D eigenvalue weighted by atomic mass is 10.1. The fourth-order valence-corrected chi connectivity index (χ4v) is 3.25. The van der Waals surface area contributed by atoms with Crippen LogP contribution in [0.4, 0.5) is 11.4 Å². The van der Waals surface area contributed by atoms with E-state index >= 15 is 0 Å². The number of fused-ring (bicyclic) bond motifs is 2. The predicted octanol–water partition coefficient (Wildman–Crippen LogP) is 2.47. The second kappa shape index (κ2) is 7.63. The third-order valence-corrected chi connectivity index (χ3v) is 4.64. The van der Waals surface area contributed by atoms with Crippen LogP contribution in [0.3, 0.4) is 0 Å². The number of esters is 1. The highest BCUT2D eigenvalue weighted by atomic mass is 16.7. The predicted molar refractivity (Wildman–Crippen MR) is 102 cm³/mol. The molecule has 1 amide bonds. The van der Waals surface area contributed by atoms with Gasteiger partial charge in [0, 0.05) is 18.3 Å². The van der Waals surface area contributed by atoms with Crippen molar-refractivity contribution in [3.8, 4) is 11.5 Å². The molecule has 0 unspecified atom stereocenters. The lowest BCUT2D eigenvalue weighted by Gasteiger charge is -2.16. The molecule has 0 saturated carbocycles. The second-order valence-electron chi connectivity index (χ2n) is 6.39. The molecule has 0 N–H and O–H groups in total. The van der Waals surface area contributed by atoms with Gasteiger partial charge < -0.3 is 19.1 Å². The number of ether oxygens (including phenoxy) is 3. The lowest BCUT2D eigenvalue weighted by molar-refractivity contribution is -0.385. The smallest absolute Gasteiger partial charge is 0.331 e. The Labute approximate surface area is 165 Å². The van der Waals surface area contributed by atoms with Crippen molar-refractivity contribution in [1.82, 2.24) is 0 Å². The van der Waals surface area contributed by atoms with E-state index in [-0.39, 0.29) is 29.7 Å². The van der Waals surface area contributed by atoms with E-state index in [0.717, 1.165) is 23.7 Å². The number of carbonyl (C=O) groups excluding carboxylic acids is 2. The van der Waals surface area contributed by atoms with Crippen LogP contribution in [0, 0.1) is 10.1 Å². The van der Waals surface area contributed by atoms with E-state index in [9.17, 15) is 19.7 Å². The Kier molecular flexibility index (Phi) is 4.86. The minimum Gasteiger partial charge on any atom is -0.454 e. The van der Waals surface area contributed by atoms with Gasteiger partial charge in [0.1, 0.15) is 0 Å². The molecule has 0 saturated heterocycles. The van der Waals surface area contributed by atoms with Gasteiger partial charge >= 0.3 is 5.97 Å². The van der Waals surface area contributed by atoms with Gasteiger partial charge in [-0.3, -0.25) is 14.9 Å². The van der Waals surface area contributed by atoms with Gasteiger partial charge in [-0.25, -0.2) is 4.79 Å². The van der Waals surface area contributed by atoms with Crippen LogP contribution < -0.4 is 14.4 Å². The molecule has 0 aliphatic carbocycles. The van der Waals surface area contributed by atoms with Crippen molar-refractivity contribution in [1.29, 1.82) is 0 Å². The summed E-state index contributed by atoms with van der Waals surface area (Å²) in [6, 6.07) is 10.2. The SMILES string of the molecule is O=C(/C=C/c1cc2c(cc1[N+](=O)[O-])OCO2)OCC(=O)N1CCc2ccccc21. The van der Waals surface area contributed by atoms with Crippen molar-refractivity contribution in [2.24, 2.45) is 0 Å². The Morgan fingerprint density at radius 1 is 1.21 bits per heavy atom. The number of anilines is 1. The van der Waals surface area contributed by atoms with E-state index in [1.165, 1.54) is 18.2 Å². The lowest BCUT2D eigenvalue weighted by Crippen LogP contribution is -2.33. The van der Waals surface area contributed by atoms with E-state index < -0.39 is 17.5 Å². The maximum atomic E-state index is 12.4. The average Bonchev–Trinajstić information content (AvgIpc) is 3.35. The van der Waals surface area contributed by atoms with Crippen molar-refractivity contribution in [3.05, 3.63) is 63.7 Å². The van der Waals surface area contributed by atoms with Crippen LogP contribution in [0.15, 0.2) is 42.5 Å². The average molecular weight is 396 g/mol. The first-order chi connectivity index (χ1) is 14.0. The molecule has 2 aromatic rings. The molecule has 2 aliphatic rings. The molecule has 2 heterocycles. The summed E-state index contributed by atoms with van der Waals surface area (Å²) in [7, 11) is 0. The molecule has 9 heteroatoms. The zero-order valence-electron chi connectivity index (χ0n) is 15.2. The van der Waals surface area contributed by atoms with Gasteiger partial charge in [0.05, 0.1) is 16.6 Å². The van der Waals surface area contributed by atoms with Crippen LogP contribution in [0.1, 0.15) is 11.1 Å². The molecule has 29 heavy (non-hydrogen) atoms. The van der Waals surface area contributed by atoms with Gasteiger partial charge in [0.25, 0.3) is 11.6 Å². The summed E-state index contributed by atoms with van der Waals surface area (Å²) in [6.45, 7) is 0.0964. The van der Waals surface area contributed by atoms with E-state index in [2.05, 4.69) is 0 Å². The zero-order chi connectivity index (χ0) is 20.4. The summed E-state index contributed by atoms with van der Waals surface area (Å²) in [5, 5.41) is 11.2. The molecule has 0 radical (unpaired) electrons. The molecule has 0 atom stereocenters. The van der Waals surface area contributed by atoms with Crippen LogP contribution in [0.2, 0.25) is 0 Å². The van der Waals surface area contributed by atoms with Crippen molar-refractivity contribution < 1.29 is 28.7 Å². The summed E-state index contributed by atoms with van der Waals surface area (Å²) < 4.78 is 15.3. The van der Waals surface area contributed by atoms with E-state index in [4.69, 9.17) is 14.2 Å². The monoisotopic (exact) mass is 396 g/mol. The first-order valence-corrected chi connectivity index (χ1v) is 8.84. The fourth-order valence-electron chi connectivity index (χ4n) is 3.25. The molecule has 0 bridgehead atoms. The van der Waals surface area contributed by atoms with Crippen LogP contribution in [0.25, 0.3) is 6.08 Å². The maximum absolute atomic E-state index is 12.4. The third kappa shape index (κ3) is 3.75. The van der Waals surface area contributed by atoms with Crippen molar-refractivity contribution in [2.45, 2.75) is 6.42 Å². The number of rotatable bonds is 5. The Morgan fingerprint density at radius 2 is 1.97 bits per heavy atom. The van der Waals surface area contributed by atoms with Gasteiger partial charge in [-0.2, -0.15) is 0 Å². The number of nitro benzene ring substituents is 1. The first-order valence-electron chi connectivity index (χ1n) is 8.84. The molecule has 0 spiro atoms. The standard InChI is InChI=1S/C20H16N2O7/c23-19(21-8-7-13-3-1-2-4-15(13)21)11-27-20(24)6-5-14-9-17-18(29-12-28-17)10-16(14)22(25)26/h1-6,9-10H,7-8,11-12H2/b6-5+. The zero-order valence-corrected chi connectivity index (χ0v) is 15.2. The first kappa shape index (κ1) is 18.5. The van der Waals surface area contributed by atoms with Gasteiger partial charge in [0.15, 0.2) is 18.1 Å². The number of hydrogen-bond acceptors (Lipinski definition) is 7. The molecular weight excluding hydrogens is 380 g/mol. The number of amides is 1. The van der Waals surface area contributed by atoms with Crippen LogP contribution in [0.5, 0.6) is 11.5 Å². The Balaban J connectivity index is 1.40. The fraction of sp³-hybridized carbons (Fsp3) is 0.200. The summed E-state index contributed by atoms with van der Waals surface area (Å²) in [6.07, 6.45) is 3.04. The Morgan fingerprint density at radius 3 is 2.76 bits per heavy atom. The highest BCUT2D eigenvalue weighted by Crippen LogP contribution is 2.38. The summed E-state index contributed by atoms with van der Waals surface area (Å²) >= 11 is 0. The van der Waals surface area contributed by atoms with E-state index in [1.54, 1.807) is 4.90 Å². The van der Waals surface area contributed by atoms with Crippen molar-refractivity contribution in [3.63, 3.8) is 0 Å². The minimum absolute atomic E-state index is 0.0244. The molecule has 9 nitrogen and oxygen atoms in total. The highest BCUT2D eigenvalue weighted by molar-refractivity contribution is 5.98. The van der Waals surface area contributed by atoms with E-state index in [0.29, 0.717) is 12.3 Å². The molecule has 4 rings (SSSR count). The van der Waals surface area contributed by atoms with E-state index in [1.807, 2.05) is 24.3 Å². The van der Waals surface area contributed by atoms with Gasteiger partial charge in [-0.1, -0.05) is 18.2 Å². The number of hydrogen-bond donors (Lipinski definition) is 0. The van der Waals surface area contributed by atoms with Crippen LogP contribution in [-0.4, -0.2) is 36.7 Å². The normalized spacial score (nSPS) is 14.1. The van der Waals surface area contributed by atoms with Crippen LogP contribution in [-0.2, 0) is 20.7 Å². The number of benzene rings is 2.